The molecule has 0 N–H and O–H groups in total. The van der Waals surface area contributed by atoms with E-state index in [1.54, 1.807) is 21.3 Å². The molecule has 9 aromatic rings. The third kappa shape index (κ3) is 21.0. The summed E-state index contributed by atoms with van der Waals surface area (Å²) in [4.78, 5) is 0. The minimum absolute atomic E-state index is 0.134. The molecular weight excluding hydrogens is 1280 g/mol. The van der Waals surface area contributed by atoms with Gasteiger partial charge in [0, 0.05) is 21.3 Å². The molecule has 17 heteroatoms. The van der Waals surface area contributed by atoms with Crippen LogP contribution in [0.5, 0.6) is 0 Å². The normalized spacial score (nSPS) is 25.2. The topological polar surface area (TPSA) is 157 Å². The lowest BCUT2D eigenvalue weighted by atomic mass is 9.96. The van der Waals surface area contributed by atoms with Crippen LogP contribution in [-0.2, 0) is 140 Å². The molecule has 15 atom stereocenters. The van der Waals surface area contributed by atoms with Gasteiger partial charge in [-0.3, -0.25) is 0 Å². The van der Waals surface area contributed by atoms with Crippen molar-refractivity contribution in [2.45, 2.75) is 158 Å². The molecule has 12 rings (SSSR count). The second kappa shape index (κ2) is 39.1. The van der Waals surface area contributed by atoms with E-state index in [0.29, 0.717) is 0 Å². The highest BCUT2D eigenvalue weighted by atomic mass is 16.8. The predicted octanol–water partition coefficient (Wildman–Crippen LogP) is 13.7. The molecule has 101 heavy (non-hydrogen) atoms. The van der Waals surface area contributed by atoms with Gasteiger partial charge in [-0.25, -0.2) is 0 Å². The zero-order valence-corrected chi connectivity index (χ0v) is 57.4. The summed E-state index contributed by atoms with van der Waals surface area (Å²) in [7, 11) is 4.77. The first-order valence-corrected chi connectivity index (χ1v) is 34.6. The summed E-state index contributed by atoms with van der Waals surface area (Å²) >= 11 is 0. The Kier molecular flexibility index (Phi) is 28.3. The molecule has 530 valence electrons. The molecule has 0 amide bonds. The maximum absolute atomic E-state index is 7.45. The van der Waals surface area contributed by atoms with Gasteiger partial charge in [-0.05, 0) is 50.1 Å². The van der Waals surface area contributed by atoms with Gasteiger partial charge in [-0.15, -0.1) is 0 Å². The van der Waals surface area contributed by atoms with Crippen LogP contribution in [0.3, 0.4) is 0 Å². The summed E-state index contributed by atoms with van der Waals surface area (Å²) in [5.74, 6) is 0. The first-order valence-electron chi connectivity index (χ1n) is 34.6. The number of hydrogen-bond acceptors (Lipinski definition) is 17. The molecule has 3 saturated heterocycles. The van der Waals surface area contributed by atoms with Crippen molar-refractivity contribution in [3.05, 3.63) is 323 Å². The third-order valence-corrected chi connectivity index (χ3v) is 18.1. The maximum atomic E-state index is 7.45. The van der Waals surface area contributed by atoms with Crippen LogP contribution in [0.2, 0.25) is 0 Å². The van der Waals surface area contributed by atoms with Gasteiger partial charge in [0.2, 0.25) is 0 Å². The monoisotopic (exact) mass is 1370 g/mol. The molecule has 0 spiro atoms. The molecule has 3 aliphatic rings. The van der Waals surface area contributed by atoms with E-state index in [1.165, 1.54) is 0 Å². The van der Waals surface area contributed by atoms with Gasteiger partial charge in [-0.1, -0.05) is 273 Å². The van der Waals surface area contributed by atoms with E-state index in [0.717, 1.165) is 50.1 Å². The molecule has 3 fully saturated rings. The Morgan fingerprint density at radius 2 is 0.416 bits per heavy atom. The molecule has 3 heterocycles. The maximum Gasteiger partial charge on any atom is 0.186 e. The van der Waals surface area contributed by atoms with Gasteiger partial charge in [0.05, 0.1) is 72.7 Å². The molecule has 0 aromatic heterocycles. The number of methoxy groups -OCH3 is 3. The fourth-order valence-electron chi connectivity index (χ4n) is 12.9. The lowest BCUT2D eigenvalue weighted by Gasteiger charge is -2.49. The summed E-state index contributed by atoms with van der Waals surface area (Å²) in [5, 5.41) is 0. The number of ether oxygens (including phenoxy) is 17. The fourth-order valence-corrected chi connectivity index (χ4v) is 12.9. The second-order valence-corrected chi connectivity index (χ2v) is 25.1. The standard InChI is InChI=1S/C84H92O17/c1-85-81-77(94-55-66-43-25-10-26-44-66)73(90-51-62-35-17-6-18-36-62)71(88-49-60-31-13-4-14-32-60)69(99-81)58-97-84(80-76(93-54-65-41-23-9-24-42-65)75(92-53-64-39-21-8-22-40-64)79(83(87-3)101-80)96-57-68-47-29-12-30-48-68)98-59-70-72(89-50-61-33-15-5-16-34-61)74(91-52-63-37-19-7-20-38-63)78(82(86-2)100-70)95-56-67-45-27-11-28-46-67/h4-48,69-84H,49-59H2,1-3H3/t69-,70-,71-,72-,73-,74-,75-,76+,77-,78-,79-,80+,81+,82+,83+/m1/s1. The van der Waals surface area contributed by atoms with Crippen molar-refractivity contribution in [1.82, 2.24) is 0 Å². The van der Waals surface area contributed by atoms with E-state index >= 15 is 0 Å². The zero-order valence-electron chi connectivity index (χ0n) is 57.4. The SMILES string of the molecule is CO[C@H]1O[C@H](C(OC[C@H]2O[C@H](OC)[C@H](OCc3ccccc3)[C@H](OCc3ccccc3)[C@@H]2OCc2ccccc2)OC[C@H]2O[C@H](OC)[C@H](OCc3ccccc3)[C@H](OCc3ccccc3)[C@@H]2OCc2ccccc2)[C@@H](OCc2ccccc2)[C@@H](OCc2ccccc2)[C@H]1OCc1ccccc1. The van der Waals surface area contributed by atoms with Gasteiger partial charge >= 0.3 is 0 Å². The van der Waals surface area contributed by atoms with E-state index in [9.17, 15) is 0 Å². The molecule has 3 aliphatic heterocycles. The van der Waals surface area contributed by atoms with Crippen LogP contribution in [0.15, 0.2) is 273 Å². The minimum Gasteiger partial charge on any atom is -0.368 e. The predicted molar refractivity (Wildman–Crippen MR) is 378 cm³/mol. The minimum atomic E-state index is -1.36. The highest BCUT2D eigenvalue weighted by Gasteiger charge is 2.55. The van der Waals surface area contributed by atoms with Crippen molar-refractivity contribution in [2.75, 3.05) is 34.5 Å². The van der Waals surface area contributed by atoms with E-state index in [-0.39, 0.29) is 72.7 Å². The lowest BCUT2D eigenvalue weighted by Crippen LogP contribution is -2.65. The first kappa shape index (κ1) is 73.1. The van der Waals surface area contributed by atoms with Gasteiger partial charge < -0.3 is 80.5 Å². The Bertz CT molecular complexity index is 3530. The zero-order chi connectivity index (χ0) is 69.1. The molecular formula is C84H92O17. The summed E-state index contributed by atoms with van der Waals surface area (Å²) in [5.41, 5.74) is 8.43. The molecule has 9 aromatic carbocycles. The largest absolute Gasteiger partial charge is 0.368 e. The summed E-state index contributed by atoms with van der Waals surface area (Å²) in [6.45, 7) is 1.42. The number of benzene rings is 9. The van der Waals surface area contributed by atoms with Crippen LogP contribution in [-0.4, -0.2) is 133 Å². The van der Waals surface area contributed by atoms with Crippen LogP contribution < -0.4 is 0 Å². The lowest BCUT2D eigenvalue weighted by molar-refractivity contribution is -0.369. The Morgan fingerprint density at radius 1 is 0.228 bits per heavy atom. The molecule has 0 bridgehead atoms. The van der Waals surface area contributed by atoms with Crippen LogP contribution >= 0.6 is 0 Å². The van der Waals surface area contributed by atoms with E-state index < -0.39 is 98.4 Å². The summed E-state index contributed by atoms with van der Waals surface area (Å²) < 4.78 is 119. The molecule has 17 nitrogen and oxygen atoms in total. The van der Waals surface area contributed by atoms with Gasteiger partial charge in [0.25, 0.3) is 0 Å². The van der Waals surface area contributed by atoms with Gasteiger partial charge in [0.15, 0.2) is 25.2 Å². The van der Waals surface area contributed by atoms with Crippen molar-refractivity contribution >= 4 is 0 Å². The quantitative estimate of drug-likeness (QED) is 0.0338. The van der Waals surface area contributed by atoms with Crippen molar-refractivity contribution in [2.24, 2.45) is 0 Å². The second-order valence-electron chi connectivity index (χ2n) is 25.1. The Hall–Kier alpha value is -7.70. The van der Waals surface area contributed by atoms with Gasteiger partial charge in [0.1, 0.15) is 73.2 Å². The van der Waals surface area contributed by atoms with E-state index in [1.807, 2.05) is 273 Å². The third-order valence-electron chi connectivity index (χ3n) is 18.1. The fraction of sp³-hybridized carbons (Fsp3) is 0.357. The van der Waals surface area contributed by atoms with Crippen molar-refractivity contribution in [3.63, 3.8) is 0 Å². The average molecular weight is 1370 g/mol. The summed E-state index contributed by atoms with van der Waals surface area (Å²) in [6, 6.07) is 89.7. The smallest absolute Gasteiger partial charge is 0.186 e. The van der Waals surface area contributed by atoms with E-state index in [2.05, 4.69) is 0 Å². The van der Waals surface area contributed by atoms with E-state index in [4.69, 9.17) is 80.5 Å². The molecule has 0 aliphatic carbocycles. The molecule has 0 saturated carbocycles. The van der Waals surface area contributed by atoms with Crippen LogP contribution in [0.4, 0.5) is 0 Å². The van der Waals surface area contributed by atoms with Crippen LogP contribution in [0.1, 0.15) is 50.1 Å². The van der Waals surface area contributed by atoms with Crippen LogP contribution in [0.25, 0.3) is 0 Å². The summed E-state index contributed by atoms with van der Waals surface area (Å²) in [6.07, 6.45) is -15.1. The Labute approximate surface area is 593 Å². The highest BCUT2D eigenvalue weighted by molar-refractivity contribution is 5.21. The van der Waals surface area contributed by atoms with Crippen molar-refractivity contribution < 1.29 is 80.5 Å². The average Bonchev–Trinajstić information content (AvgIpc) is 0.793. The first-order chi connectivity index (χ1) is 50.0. The highest BCUT2D eigenvalue weighted by Crippen LogP contribution is 2.38. The molecule has 0 radical (unpaired) electrons. The van der Waals surface area contributed by atoms with Crippen molar-refractivity contribution in [1.29, 1.82) is 0 Å². The van der Waals surface area contributed by atoms with Crippen LogP contribution in [0, 0.1) is 0 Å². The van der Waals surface area contributed by atoms with Gasteiger partial charge in [-0.2, -0.15) is 0 Å². The Morgan fingerprint density at radius 3 is 0.644 bits per heavy atom. The number of hydrogen-bond donors (Lipinski definition) is 0. The molecule has 0 unspecified atom stereocenters. The number of rotatable bonds is 37. The Balaban J connectivity index is 0.947. The van der Waals surface area contributed by atoms with Crippen molar-refractivity contribution in [3.8, 4) is 0 Å².